The molecule has 0 aromatic heterocycles. The van der Waals surface area contributed by atoms with E-state index in [1.54, 1.807) is 6.07 Å². The van der Waals surface area contributed by atoms with Gasteiger partial charge in [0.25, 0.3) is 5.69 Å². The second kappa shape index (κ2) is 7.94. The summed E-state index contributed by atoms with van der Waals surface area (Å²) in [7, 11) is 0. The molecule has 0 saturated carbocycles. The van der Waals surface area contributed by atoms with E-state index in [0.29, 0.717) is 31.1 Å². The van der Waals surface area contributed by atoms with Gasteiger partial charge in [0.1, 0.15) is 12.4 Å². The van der Waals surface area contributed by atoms with Gasteiger partial charge in [0.05, 0.1) is 29.4 Å². The van der Waals surface area contributed by atoms with E-state index in [1.807, 2.05) is 32.0 Å². The van der Waals surface area contributed by atoms with Gasteiger partial charge in [-0.1, -0.05) is 12.1 Å². The van der Waals surface area contributed by atoms with E-state index < -0.39 is 11.0 Å². The van der Waals surface area contributed by atoms with Crippen molar-refractivity contribution in [1.29, 1.82) is 0 Å². The molecular weight excluding hydrogens is 350 g/mol. The Morgan fingerprint density at radius 2 is 2.11 bits per heavy atom. The molecule has 0 atom stereocenters. The van der Waals surface area contributed by atoms with Crippen molar-refractivity contribution in [3.05, 3.63) is 57.6 Å². The van der Waals surface area contributed by atoms with E-state index in [-0.39, 0.29) is 12.3 Å². The molecule has 0 unspecified atom stereocenters. The van der Waals surface area contributed by atoms with Gasteiger partial charge in [0.15, 0.2) is 0 Å². The molecule has 0 aliphatic carbocycles. The van der Waals surface area contributed by atoms with Gasteiger partial charge >= 0.3 is 6.09 Å². The number of amides is 1. The standard InChI is InChI=1S/C19H21N3O5/c1-3-26-18-7-4-14(10-13(18)2)12-20-16-6-5-15(22(24)25)11-17(16)21-8-9-27-19(21)23/h4-7,10-11,20H,3,8-9,12H2,1-2H3. The molecule has 1 heterocycles. The number of nitrogens with zero attached hydrogens (tertiary/aromatic N) is 2. The van der Waals surface area contributed by atoms with E-state index in [2.05, 4.69) is 5.32 Å². The average molecular weight is 371 g/mol. The first kappa shape index (κ1) is 18.5. The van der Waals surface area contributed by atoms with Crippen LogP contribution in [0.5, 0.6) is 5.75 Å². The number of cyclic esters (lactones) is 1. The molecular formula is C19H21N3O5. The molecule has 1 aliphatic heterocycles. The van der Waals surface area contributed by atoms with Crippen molar-refractivity contribution in [2.24, 2.45) is 0 Å². The number of nitro groups is 1. The Kier molecular flexibility index (Phi) is 5.44. The number of anilines is 2. The van der Waals surface area contributed by atoms with Gasteiger partial charge in [0, 0.05) is 18.7 Å². The topological polar surface area (TPSA) is 93.9 Å². The van der Waals surface area contributed by atoms with Crippen LogP contribution in [0.3, 0.4) is 0 Å². The summed E-state index contributed by atoms with van der Waals surface area (Å²) in [4.78, 5) is 23.9. The largest absolute Gasteiger partial charge is 0.494 e. The minimum Gasteiger partial charge on any atom is -0.494 e. The number of non-ortho nitro benzene ring substituents is 1. The lowest BCUT2D eigenvalue weighted by Gasteiger charge is -2.18. The van der Waals surface area contributed by atoms with E-state index in [0.717, 1.165) is 16.9 Å². The van der Waals surface area contributed by atoms with Crippen LogP contribution in [0.25, 0.3) is 0 Å². The second-order valence-corrected chi connectivity index (χ2v) is 6.11. The molecule has 1 saturated heterocycles. The van der Waals surface area contributed by atoms with Crippen LogP contribution in [0.2, 0.25) is 0 Å². The number of rotatable bonds is 7. The predicted molar refractivity (Wildman–Crippen MR) is 101 cm³/mol. The van der Waals surface area contributed by atoms with Crippen molar-refractivity contribution in [3.8, 4) is 5.75 Å². The molecule has 2 aromatic carbocycles. The lowest BCUT2D eigenvalue weighted by Crippen LogP contribution is -2.24. The molecule has 142 valence electrons. The molecule has 1 aliphatic rings. The fourth-order valence-corrected chi connectivity index (χ4v) is 2.95. The fraction of sp³-hybridized carbons (Fsp3) is 0.316. The van der Waals surface area contributed by atoms with E-state index in [1.165, 1.54) is 17.0 Å². The molecule has 1 fully saturated rings. The van der Waals surface area contributed by atoms with Crippen molar-refractivity contribution in [2.45, 2.75) is 20.4 Å². The SMILES string of the molecule is CCOc1ccc(CNc2ccc([N+](=O)[O-])cc2N2CCOC2=O)cc1C. The van der Waals surface area contributed by atoms with Crippen LogP contribution < -0.4 is 15.0 Å². The maximum absolute atomic E-state index is 11.9. The highest BCUT2D eigenvalue weighted by atomic mass is 16.6. The zero-order chi connectivity index (χ0) is 19.4. The lowest BCUT2D eigenvalue weighted by molar-refractivity contribution is -0.384. The number of ether oxygens (including phenoxy) is 2. The maximum Gasteiger partial charge on any atom is 0.414 e. The molecule has 27 heavy (non-hydrogen) atoms. The third-order valence-corrected chi connectivity index (χ3v) is 4.27. The van der Waals surface area contributed by atoms with Crippen LogP contribution in [0, 0.1) is 17.0 Å². The van der Waals surface area contributed by atoms with Gasteiger partial charge in [-0.3, -0.25) is 15.0 Å². The highest BCUT2D eigenvalue weighted by Gasteiger charge is 2.27. The number of carbonyl (C=O) groups is 1. The molecule has 8 nitrogen and oxygen atoms in total. The fourth-order valence-electron chi connectivity index (χ4n) is 2.95. The van der Waals surface area contributed by atoms with Gasteiger partial charge < -0.3 is 14.8 Å². The molecule has 0 bridgehead atoms. The molecule has 8 heteroatoms. The Morgan fingerprint density at radius 3 is 2.74 bits per heavy atom. The average Bonchev–Trinajstić information content (AvgIpc) is 3.07. The quantitative estimate of drug-likeness (QED) is 0.586. The normalized spacial score (nSPS) is 13.4. The molecule has 1 amide bonds. The van der Waals surface area contributed by atoms with Gasteiger partial charge in [0.2, 0.25) is 0 Å². The first-order valence-corrected chi connectivity index (χ1v) is 8.68. The Balaban J connectivity index is 1.82. The number of nitrogens with one attached hydrogen (secondary N) is 1. The Morgan fingerprint density at radius 1 is 1.30 bits per heavy atom. The summed E-state index contributed by atoms with van der Waals surface area (Å²) in [6.07, 6.45) is -0.504. The van der Waals surface area contributed by atoms with Crippen molar-refractivity contribution in [1.82, 2.24) is 0 Å². The van der Waals surface area contributed by atoms with E-state index in [9.17, 15) is 14.9 Å². The minimum absolute atomic E-state index is 0.0767. The summed E-state index contributed by atoms with van der Waals surface area (Å²) in [6, 6.07) is 10.3. The zero-order valence-electron chi connectivity index (χ0n) is 15.2. The number of nitro benzene ring substituents is 1. The van der Waals surface area contributed by atoms with Gasteiger partial charge in [-0.05, 0) is 37.1 Å². The summed E-state index contributed by atoms with van der Waals surface area (Å²) in [5.41, 5.74) is 3.06. The molecule has 0 radical (unpaired) electrons. The minimum atomic E-state index is -0.504. The number of hydrogen-bond donors (Lipinski definition) is 1. The maximum atomic E-state index is 11.9. The van der Waals surface area contributed by atoms with Gasteiger partial charge in [-0.15, -0.1) is 0 Å². The summed E-state index contributed by atoms with van der Waals surface area (Å²) in [6.45, 7) is 5.65. The van der Waals surface area contributed by atoms with Crippen molar-refractivity contribution >= 4 is 23.2 Å². The monoisotopic (exact) mass is 371 g/mol. The smallest absolute Gasteiger partial charge is 0.414 e. The summed E-state index contributed by atoms with van der Waals surface area (Å²) >= 11 is 0. The molecule has 0 spiro atoms. The highest BCUT2D eigenvalue weighted by Crippen LogP contribution is 2.32. The Bertz CT molecular complexity index is 868. The van der Waals surface area contributed by atoms with Crippen molar-refractivity contribution < 1.29 is 19.2 Å². The van der Waals surface area contributed by atoms with E-state index >= 15 is 0 Å². The van der Waals surface area contributed by atoms with Crippen molar-refractivity contribution in [2.75, 3.05) is 30.0 Å². The van der Waals surface area contributed by atoms with Crippen LogP contribution in [0.15, 0.2) is 36.4 Å². The highest BCUT2D eigenvalue weighted by molar-refractivity contribution is 5.94. The van der Waals surface area contributed by atoms with E-state index in [4.69, 9.17) is 9.47 Å². The Labute approximate surface area is 156 Å². The number of carbonyl (C=O) groups excluding carboxylic acids is 1. The van der Waals surface area contributed by atoms with Gasteiger partial charge in [-0.25, -0.2) is 4.79 Å². The third kappa shape index (κ3) is 4.11. The number of hydrogen-bond acceptors (Lipinski definition) is 6. The van der Waals surface area contributed by atoms with Crippen LogP contribution in [-0.2, 0) is 11.3 Å². The molecule has 3 rings (SSSR count). The third-order valence-electron chi connectivity index (χ3n) is 4.27. The van der Waals surface area contributed by atoms with Gasteiger partial charge in [-0.2, -0.15) is 0 Å². The van der Waals surface area contributed by atoms with Crippen LogP contribution in [-0.4, -0.2) is 30.8 Å². The number of benzene rings is 2. The van der Waals surface area contributed by atoms with Crippen molar-refractivity contribution in [3.63, 3.8) is 0 Å². The van der Waals surface area contributed by atoms with Crippen LogP contribution in [0.1, 0.15) is 18.1 Å². The first-order chi connectivity index (χ1) is 13.0. The summed E-state index contributed by atoms with van der Waals surface area (Å²) < 4.78 is 10.5. The van der Waals surface area contributed by atoms with Crippen LogP contribution >= 0.6 is 0 Å². The predicted octanol–water partition coefficient (Wildman–Crippen LogP) is 3.87. The molecule has 1 N–H and O–H groups in total. The molecule has 2 aromatic rings. The van der Waals surface area contributed by atoms with Crippen LogP contribution in [0.4, 0.5) is 21.9 Å². The Hall–Kier alpha value is -3.29. The first-order valence-electron chi connectivity index (χ1n) is 8.68. The number of aryl methyl sites for hydroxylation is 1. The zero-order valence-corrected chi connectivity index (χ0v) is 15.2. The second-order valence-electron chi connectivity index (χ2n) is 6.11. The summed E-state index contributed by atoms with van der Waals surface area (Å²) in [5.74, 6) is 0.845. The lowest BCUT2D eigenvalue weighted by atomic mass is 10.1. The summed E-state index contributed by atoms with van der Waals surface area (Å²) in [5, 5.41) is 14.4.